The monoisotopic (exact) mass is 446 g/mol. The van der Waals surface area contributed by atoms with Gasteiger partial charge in [0.1, 0.15) is 0 Å². The van der Waals surface area contributed by atoms with Gasteiger partial charge in [-0.25, -0.2) is 0 Å². The lowest BCUT2D eigenvalue weighted by Gasteiger charge is -2.39. The van der Waals surface area contributed by atoms with E-state index in [1.165, 1.54) is 11.1 Å². The van der Waals surface area contributed by atoms with Crippen molar-refractivity contribution in [3.8, 4) is 0 Å². The molecule has 1 atom stereocenters. The van der Waals surface area contributed by atoms with E-state index in [0.717, 1.165) is 56.0 Å². The molecule has 2 aromatic rings. The van der Waals surface area contributed by atoms with E-state index in [-0.39, 0.29) is 0 Å². The molecule has 0 bridgehead atoms. The third-order valence-corrected chi connectivity index (χ3v) is 5.94. The molecule has 28 heavy (non-hydrogen) atoms. The molecule has 0 spiro atoms. The topological polar surface area (TPSA) is 48.7 Å². The van der Waals surface area contributed by atoms with Crippen LogP contribution in [0.1, 0.15) is 30.5 Å². The summed E-state index contributed by atoms with van der Waals surface area (Å²) in [5, 5.41) is 7.75. The quantitative estimate of drug-likeness (QED) is 0.420. The van der Waals surface area contributed by atoms with Crippen LogP contribution in [0, 0.1) is 0 Å². The van der Waals surface area contributed by atoms with Crippen LogP contribution in [0.3, 0.4) is 0 Å². The highest BCUT2D eigenvalue weighted by molar-refractivity contribution is 9.10. The number of piperazine rings is 1. The molecular formula is C21H31BrN6. The van der Waals surface area contributed by atoms with Gasteiger partial charge in [-0.15, -0.1) is 0 Å². The van der Waals surface area contributed by atoms with E-state index in [1.54, 1.807) is 0 Å². The molecule has 6 nitrogen and oxygen atoms in total. The number of nitrogens with one attached hydrogen (secondary N) is 1. The second-order valence-corrected chi connectivity index (χ2v) is 8.27. The first-order chi connectivity index (χ1) is 13.6. The smallest absolute Gasteiger partial charge is 0.193 e. The SMILES string of the molecule is CN=C(NCCCc1cnn(C)c1)N1CCN(C(C)c2ccc(Br)cc2)CC1. The number of halogens is 1. The van der Waals surface area contributed by atoms with Gasteiger partial charge in [-0.1, -0.05) is 28.1 Å². The average Bonchev–Trinajstić information content (AvgIpc) is 3.13. The summed E-state index contributed by atoms with van der Waals surface area (Å²) in [5.74, 6) is 1.02. The zero-order valence-corrected chi connectivity index (χ0v) is 18.7. The summed E-state index contributed by atoms with van der Waals surface area (Å²) in [4.78, 5) is 9.41. The second kappa shape index (κ2) is 10.1. The van der Waals surface area contributed by atoms with Crippen LogP contribution in [0.15, 0.2) is 46.1 Å². The molecule has 1 N–H and O–H groups in total. The number of aromatic nitrogens is 2. The van der Waals surface area contributed by atoms with Crippen LogP contribution in [-0.4, -0.2) is 65.3 Å². The Morgan fingerprint density at radius 1 is 1.21 bits per heavy atom. The molecule has 3 rings (SSSR count). The number of guanidine groups is 1. The van der Waals surface area contributed by atoms with E-state index in [4.69, 9.17) is 0 Å². The number of hydrogen-bond donors (Lipinski definition) is 1. The van der Waals surface area contributed by atoms with Crippen LogP contribution in [-0.2, 0) is 13.5 Å². The zero-order chi connectivity index (χ0) is 19.9. The second-order valence-electron chi connectivity index (χ2n) is 7.35. The minimum atomic E-state index is 0.435. The maximum atomic E-state index is 4.49. The molecule has 0 aliphatic carbocycles. The highest BCUT2D eigenvalue weighted by Gasteiger charge is 2.23. The summed E-state index contributed by atoms with van der Waals surface area (Å²) in [6.07, 6.45) is 6.14. The van der Waals surface area contributed by atoms with Crippen molar-refractivity contribution in [3.05, 3.63) is 52.3 Å². The molecule has 1 saturated heterocycles. The maximum absolute atomic E-state index is 4.49. The van der Waals surface area contributed by atoms with Crippen LogP contribution < -0.4 is 5.32 Å². The van der Waals surface area contributed by atoms with Crippen LogP contribution in [0.5, 0.6) is 0 Å². The van der Waals surface area contributed by atoms with Crippen molar-refractivity contribution in [2.75, 3.05) is 39.8 Å². The van der Waals surface area contributed by atoms with Crippen molar-refractivity contribution < 1.29 is 0 Å². The minimum absolute atomic E-state index is 0.435. The van der Waals surface area contributed by atoms with Gasteiger partial charge in [-0.3, -0.25) is 14.6 Å². The van der Waals surface area contributed by atoms with E-state index in [1.807, 2.05) is 25.0 Å². The van der Waals surface area contributed by atoms with Gasteiger partial charge in [0.2, 0.25) is 0 Å². The highest BCUT2D eigenvalue weighted by atomic mass is 79.9. The molecule has 1 fully saturated rings. The van der Waals surface area contributed by atoms with Crippen LogP contribution in [0.25, 0.3) is 0 Å². The minimum Gasteiger partial charge on any atom is -0.356 e. The van der Waals surface area contributed by atoms with Gasteiger partial charge in [0.15, 0.2) is 5.96 Å². The predicted octanol–water partition coefficient (Wildman–Crippen LogP) is 3.07. The summed E-state index contributed by atoms with van der Waals surface area (Å²) >= 11 is 3.52. The normalized spacial score (nSPS) is 17.0. The number of benzene rings is 1. The highest BCUT2D eigenvalue weighted by Crippen LogP contribution is 2.23. The Hall–Kier alpha value is -1.86. The molecule has 0 amide bonds. The van der Waals surface area contributed by atoms with Gasteiger partial charge in [-0.2, -0.15) is 5.10 Å². The van der Waals surface area contributed by atoms with Gasteiger partial charge in [0.25, 0.3) is 0 Å². The first-order valence-electron chi connectivity index (χ1n) is 9.99. The standard InChI is InChI=1S/C21H31BrN6/c1-17(19-6-8-20(22)9-7-19)27-11-13-28(14-12-27)21(23-2)24-10-4-5-18-15-25-26(3)16-18/h6-9,15-17H,4-5,10-14H2,1-3H3,(H,23,24). The predicted molar refractivity (Wildman–Crippen MR) is 119 cm³/mol. The Labute approximate surface area is 176 Å². The van der Waals surface area contributed by atoms with E-state index in [9.17, 15) is 0 Å². The number of nitrogens with zero attached hydrogens (tertiary/aromatic N) is 5. The summed E-state index contributed by atoms with van der Waals surface area (Å²) in [7, 11) is 3.83. The zero-order valence-electron chi connectivity index (χ0n) is 17.1. The number of aryl methyl sites for hydroxylation is 2. The maximum Gasteiger partial charge on any atom is 0.193 e. The number of aliphatic imine (C=N–C) groups is 1. The average molecular weight is 447 g/mol. The third kappa shape index (κ3) is 5.58. The summed E-state index contributed by atoms with van der Waals surface area (Å²) < 4.78 is 2.99. The fraction of sp³-hybridized carbons (Fsp3) is 0.524. The van der Waals surface area contributed by atoms with E-state index in [0.29, 0.717) is 6.04 Å². The van der Waals surface area contributed by atoms with Gasteiger partial charge >= 0.3 is 0 Å². The van der Waals surface area contributed by atoms with Gasteiger partial charge in [-0.05, 0) is 43.0 Å². The number of hydrogen-bond acceptors (Lipinski definition) is 3. The summed E-state index contributed by atoms with van der Waals surface area (Å²) in [6, 6.07) is 9.11. The number of rotatable bonds is 6. The van der Waals surface area contributed by atoms with Crippen LogP contribution in [0.4, 0.5) is 0 Å². The molecule has 0 radical (unpaired) electrons. The summed E-state index contributed by atoms with van der Waals surface area (Å²) in [5.41, 5.74) is 2.66. The Morgan fingerprint density at radius 3 is 2.54 bits per heavy atom. The third-order valence-electron chi connectivity index (χ3n) is 5.41. The van der Waals surface area contributed by atoms with Gasteiger partial charge in [0, 0.05) is 63.5 Å². The molecule has 152 valence electrons. The van der Waals surface area contributed by atoms with E-state index < -0.39 is 0 Å². The Bertz CT molecular complexity index is 761. The lowest BCUT2D eigenvalue weighted by Crippen LogP contribution is -2.52. The molecule has 2 heterocycles. The Balaban J connectivity index is 1.42. The van der Waals surface area contributed by atoms with Crippen molar-refractivity contribution in [3.63, 3.8) is 0 Å². The van der Waals surface area contributed by atoms with Crippen molar-refractivity contribution in [1.82, 2.24) is 24.9 Å². The molecule has 1 aromatic heterocycles. The van der Waals surface area contributed by atoms with Crippen LogP contribution >= 0.6 is 15.9 Å². The van der Waals surface area contributed by atoms with Crippen molar-refractivity contribution in [2.24, 2.45) is 12.0 Å². The fourth-order valence-corrected chi connectivity index (χ4v) is 3.96. The first kappa shape index (κ1) is 20.9. The summed E-state index contributed by atoms with van der Waals surface area (Å²) in [6.45, 7) is 7.33. The first-order valence-corrected chi connectivity index (χ1v) is 10.8. The molecule has 7 heteroatoms. The fourth-order valence-electron chi connectivity index (χ4n) is 3.70. The van der Waals surface area contributed by atoms with Gasteiger partial charge in [0.05, 0.1) is 6.20 Å². The Morgan fingerprint density at radius 2 is 1.93 bits per heavy atom. The van der Waals surface area contributed by atoms with E-state index >= 15 is 0 Å². The Kier molecular flexibility index (Phi) is 7.50. The van der Waals surface area contributed by atoms with Crippen LogP contribution in [0.2, 0.25) is 0 Å². The van der Waals surface area contributed by atoms with Crippen molar-refractivity contribution >= 4 is 21.9 Å². The van der Waals surface area contributed by atoms with Crippen molar-refractivity contribution in [1.29, 1.82) is 0 Å². The lowest BCUT2D eigenvalue weighted by atomic mass is 10.1. The molecule has 1 aromatic carbocycles. The molecular weight excluding hydrogens is 416 g/mol. The van der Waals surface area contributed by atoms with E-state index in [2.05, 4.69) is 78.5 Å². The molecule has 1 aliphatic heterocycles. The lowest BCUT2D eigenvalue weighted by molar-refractivity contribution is 0.138. The molecule has 1 unspecified atom stereocenters. The largest absolute Gasteiger partial charge is 0.356 e. The molecule has 1 aliphatic rings. The van der Waals surface area contributed by atoms with Gasteiger partial charge < -0.3 is 10.2 Å². The molecule has 0 saturated carbocycles. The van der Waals surface area contributed by atoms with Crippen molar-refractivity contribution in [2.45, 2.75) is 25.8 Å².